The summed E-state index contributed by atoms with van der Waals surface area (Å²) in [5.41, 5.74) is 6.49. The lowest BCUT2D eigenvalue weighted by Gasteiger charge is -2.28. The van der Waals surface area contributed by atoms with Crippen molar-refractivity contribution in [2.24, 2.45) is 5.73 Å². The van der Waals surface area contributed by atoms with Gasteiger partial charge in [-0.3, -0.25) is 9.78 Å². The molecule has 2 N–H and O–H groups in total. The Balaban J connectivity index is 2.90. The average Bonchev–Trinajstić information content (AvgIpc) is 2.47. The first kappa shape index (κ1) is 17.5. The van der Waals surface area contributed by atoms with Crippen LogP contribution in [0.15, 0.2) is 18.3 Å². The molecule has 1 aromatic rings. The van der Waals surface area contributed by atoms with Gasteiger partial charge in [0.05, 0.1) is 19.3 Å². The number of thiocarbonyl (C=S) groups is 1. The molecule has 0 aliphatic rings. The summed E-state index contributed by atoms with van der Waals surface area (Å²) in [6, 6.07) is 3.24. The quantitative estimate of drug-likeness (QED) is 0.717. The van der Waals surface area contributed by atoms with Crippen molar-refractivity contribution in [2.75, 3.05) is 34.0 Å². The summed E-state index contributed by atoms with van der Waals surface area (Å²) in [6.45, 7) is 3.28. The van der Waals surface area contributed by atoms with Crippen LogP contribution in [0.4, 0.5) is 0 Å². The van der Waals surface area contributed by atoms with Gasteiger partial charge in [0.25, 0.3) is 5.91 Å². The van der Waals surface area contributed by atoms with E-state index in [9.17, 15) is 4.79 Å². The maximum absolute atomic E-state index is 12.5. The van der Waals surface area contributed by atoms with Crippen LogP contribution in [0.5, 0.6) is 0 Å². The second-order valence-electron chi connectivity index (χ2n) is 4.59. The second kappa shape index (κ2) is 8.66. The van der Waals surface area contributed by atoms with Gasteiger partial charge in [-0.05, 0) is 19.1 Å². The summed E-state index contributed by atoms with van der Waals surface area (Å²) in [5.74, 6) is -0.175. The predicted molar refractivity (Wildman–Crippen MR) is 84.4 cm³/mol. The SMILES string of the molecule is COCCN(C(=O)c1ccc(C(N)=S)cn1)C(C)COC. The van der Waals surface area contributed by atoms with Crippen molar-refractivity contribution in [1.82, 2.24) is 9.88 Å². The van der Waals surface area contributed by atoms with Crippen molar-refractivity contribution < 1.29 is 14.3 Å². The summed E-state index contributed by atoms with van der Waals surface area (Å²) in [6.07, 6.45) is 1.51. The van der Waals surface area contributed by atoms with Crippen LogP contribution in [0.1, 0.15) is 23.0 Å². The number of nitrogens with zero attached hydrogens (tertiary/aromatic N) is 2. The lowest BCUT2D eigenvalue weighted by molar-refractivity contribution is 0.0474. The first-order valence-corrected chi connectivity index (χ1v) is 6.96. The lowest BCUT2D eigenvalue weighted by Crippen LogP contribution is -2.43. The lowest BCUT2D eigenvalue weighted by atomic mass is 10.2. The standard InChI is InChI=1S/C14H21N3O3S/c1-10(9-20-3)17(6-7-19-2)14(18)12-5-4-11(8-16-12)13(15)21/h4-5,8,10H,6-7,9H2,1-3H3,(H2,15,21). The fourth-order valence-electron chi connectivity index (χ4n) is 1.86. The number of nitrogens with two attached hydrogens (primary N) is 1. The van der Waals surface area contributed by atoms with E-state index in [4.69, 9.17) is 27.4 Å². The van der Waals surface area contributed by atoms with Crippen LogP contribution in [-0.4, -0.2) is 60.8 Å². The third-order valence-corrected chi connectivity index (χ3v) is 3.24. The smallest absolute Gasteiger partial charge is 0.272 e. The Bertz CT molecular complexity index is 479. The zero-order valence-electron chi connectivity index (χ0n) is 12.5. The summed E-state index contributed by atoms with van der Waals surface area (Å²) in [4.78, 5) is 18.6. The Morgan fingerprint density at radius 2 is 2.14 bits per heavy atom. The molecule has 116 valence electrons. The molecule has 1 amide bonds. The highest BCUT2D eigenvalue weighted by atomic mass is 32.1. The zero-order chi connectivity index (χ0) is 15.8. The van der Waals surface area contributed by atoms with Crippen LogP contribution in [0, 0.1) is 0 Å². The van der Waals surface area contributed by atoms with Gasteiger partial charge in [0.15, 0.2) is 0 Å². The molecule has 0 aromatic carbocycles. The van der Waals surface area contributed by atoms with Crippen molar-refractivity contribution in [3.05, 3.63) is 29.6 Å². The monoisotopic (exact) mass is 311 g/mol. The number of hydrogen-bond donors (Lipinski definition) is 1. The molecule has 1 unspecified atom stereocenters. The third kappa shape index (κ3) is 5.04. The number of methoxy groups -OCH3 is 2. The van der Waals surface area contributed by atoms with Gasteiger partial charge in [0, 0.05) is 32.5 Å². The molecule has 0 aliphatic carbocycles. The number of amides is 1. The molecule has 0 aliphatic heterocycles. The van der Waals surface area contributed by atoms with Gasteiger partial charge >= 0.3 is 0 Å². The Morgan fingerprint density at radius 3 is 2.62 bits per heavy atom. The molecule has 1 atom stereocenters. The minimum Gasteiger partial charge on any atom is -0.389 e. The topological polar surface area (TPSA) is 77.7 Å². The number of carbonyl (C=O) groups excluding carboxylic acids is 1. The van der Waals surface area contributed by atoms with Gasteiger partial charge in [0.1, 0.15) is 10.7 Å². The normalized spacial score (nSPS) is 12.0. The van der Waals surface area contributed by atoms with Crippen LogP contribution >= 0.6 is 12.2 Å². The van der Waals surface area contributed by atoms with Gasteiger partial charge < -0.3 is 20.1 Å². The minimum absolute atomic E-state index is 0.0743. The number of rotatable bonds is 8. The summed E-state index contributed by atoms with van der Waals surface area (Å²) >= 11 is 4.87. The first-order valence-electron chi connectivity index (χ1n) is 6.56. The van der Waals surface area contributed by atoms with Crippen molar-refractivity contribution >= 4 is 23.1 Å². The molecule has 0 radical (unpaired) electrons. The Morgan fingerprint density at radius 1 is 1.43 bits per heavy atom. The molecule has 6 nitrogen and oxygen atoms in total. The maximum atomic E-state index is 12.5. The van der Waals surface area contributed by atoms with E-state index in [0.29, 0.717) is 31.0 Å². The van der Waals surface area contributed by atoms with Gasteiger partial charge in [0.2, 0.25) is 0 Å². The van der Waals surface area contributed by atoms with Crippen molar-refractivity contribution in [1.29, 1.82) is 0 Å². The van der Waals surface area contributed by atoms with E-state index in [1.165, 1.54) is 6.20 Å². The molecular formula is C14H21N3O3S. The Labute approximate surface area is 130 Å². The maximum Gasteiger partial charge on any atom is 0.272 e. The number of aromatic nitrogens is 1. The highest BCUT2D eigenvalue weighted by molar-refractivity contribution is 7.80. The number of hydrogen-bond acceptors (Lipinski definition) is 5. The summed E-state index contributed by atoms with van der Waals surface area (Å²) < 4.78 is 10.2. The number of ether oxygens (including phenoxy) is 2. The molecule has 0 saturated carbocycles. The van der Waals surface area contributed by atoms with Crippen molar-refractivity contribution in [3.8, 4) is 0 Å². The van der Waals surface area contributed by atoms with Crippen molar-refractivity contribution in [2.45, 2.75) is 13.0 Å². The van der Waals surface area contributed by atoms with Gasteiger partial charge in [-0.15, -0.1) is 0 Å². The third-order valence-electron chi connectivity index (χ3n) is 3.00. The summed E-state index contributed by atoms with van der Waals surface area (Å²) in [7, 11) is 3.20. The highest BCUT2D eigenvalue weighted by Crippen LogP contribution is 2.08. The van der Waals surface area contributed by atoms with E-state index in [-0.39, 0.29) is 16.9 Å². The molecule has 0 saturated heterocycles. The van der Waals surface area contributed by atoms with Crippen LogP contribution in [0.25, 0.3) is 0 Å². The largest absolute Gasteiger partial charge is 0.389 e. The second-order valence-corrected chi connectivity index (χ2v) is 5.03. The number of carbonyl (C=O) groups is 1. The molecule has 7 heteroatoms. The van der Waals surface area contributed by atoms with Crippen molar-refractivity contribution in [3.63, 3.8) is 0 Å². The van der Waals surface area contributed by atoms with E-state index in [1.54, 1.807) is 31.3 Å². The van der Waals surface area contributed by atoms with Gasteiger partial charge in [-0.25, -0.2) is 0 Å². The predicted octanol–water partition coefficient (Wildman–Crippen LogP) is 0.839. The fraction of sp³-hybridized carbons (Fsp3) is 0.500. The number of pyridine rings is 1. The summed E-state index contributed by atoms with van der Waals surface area (Å²) in [5, 5.41) is 0. The highest BCUT2D eigenvalue weighted by Gasteiger charge is 2.22. The van der Waals surface area contributed by atoms with Gasteiger partial charge in [-0.2, -0.15) is 0 Å². The molecule has 0 spiro atoms. The van der Waals surface area contributed by atoms with Crippen LogP contribution < -0.4 is 5.73 Å². The average molecular weight is 311 g/mol. The van der Waals surface area contributed by atoms with E-state index in [0.717, 1.165) is 0 Å². The molecule has 21 heavy (non-hydrogen) atoms. The fourth-order valence-corrected chi connectivity index (χ4v) is 1.98. The molecular weight excluding hydrogens is 290 g/mol. The van der Waals surface area contributed by atoms with Gasteiger partial charge in [-0.1, -0.05) is 12.2 Å². The van der Waals surface area contributed by atoms with E-state index in [1.807, 2.05) is 6.92 Å². The Kier molecular flexibility index (Phi) is 7.21. The van der Waals surface area contributed by atoms with E-state index >= 15 is 0 Å². The van der Waals surface area contributed by atoms with Crippen LogP contribution in [0.2, 0.25) is 0 Å². The molecule has 1 aromatic heterocycles. The van der Waals surface area contributed by atoms with Crippen LogP contribution in [-0.2, 0) is 9.47 Å². The van der Waals surface area contributed by atoms with E-state index in [2.05, 4.69) is 4.98 Å². The first-order chi connectivity index (χ1) is 10.0. The zero-order valence-corrected chi connectivity index (χ0v) is 13.4. The molecule has 0 fully saturated rings. The van der Waals surface area contributed by atoms with Crippen LogP contribution in [0.3, 0.4) is 0 Å². The minimum atomic E-state index is -0.175. The molecule has 1 rings (SSSR count). The Hall–Kier alpha value is -1.57. The molecule has 1 heterocycles. The van der Waals surface area contributed by atoms with E-state index < -0.39 is 0 Å². The molecule has 0 bridgehead atoms.